The fourth-order valence-corrected chi connectivity index (χ4v) is 1.32. The molecule has 0 saturated heterocycles. The van der Waals surface area contributed by atoms with Crippen LogP contribution >= 0.6 is 0 Å². The van der Waals surface area contributed by atoms with Gasteiger partial charge in [0.15, 0.2) is 0 Å². The molecule has 1 rings (SSSR count). The van der Waals surface area contributed by atoms with E-state index in [0.29, 0.717) is 13.2 Å². The number of rotatable bonds is 6. The number of carbonyl (C=O) groups excluding carboxylic acids is 1. The molecule has 1 aromatic heterocycles. The average Bonchev–Trinajstić information content (AvgIpc) is 2.34. The first-order valence-electron chi connectivity index (χ1n) is 5.19. The normalized spacial score (nSPS) is 10.3. The maximum atomic E-state index is 12.6. The van der Waals surface area contributed by atoms with Gasteiger partial charge in [-0.1, -0.05) is 0 Å². The molecule has 94 valence electrons. The van der Waals surface area contributed by atoms with Crippen LogP contribution in [0.1, 0.15) is 10.4 Å². The molecule has 0 bridgehead atoms. The van der Waals surface area contributed by atoms with Crippen LogP contribution in [0.2, 0.25) is 0 Å². The second-order valence-corrected chi connectivity index (χ2v) is 3.38. The van der Waals surface area contributed by atoms with Gasteiger partial charge in [0, 0.05) is 26.4 Å². The molecule has 1 amide bonds. The Kier molecular flexibility index (Phi) is 5.51. The topological polar surface area (TPSA) is 62.7 Å². The Labute approximate surface area is 98.8 Å². The third kappa shape index (κ3) is 4.08. The van der Waals surface area contributed by atoms with Gasteiger partial charge in [-0.3, -0.25) is 4.79 Å². The molecule has 5 nitrogen and oxygen atoms in total. The first-order valence-corrected chi connectivity index (χ1v) is 5.19. The van der Waals surface area contributed by atoms with E-state index < -0.39 is 5.95 Å². The summed E-state index contributed by atoms with van der Waals surface area (Å²) in [7, 11) is 1.53. The molecular formula is C11H15FN2O3. The number of aliphatic hydroxyl groups excluding tert-OH is 1. The van der Waals surface area contributed by atoms with Crippen LogP contribution in [0.3, 0.4) is 0 Å². The molecule has 0 aromatic carbocycles. The zero-order chi connectivity index (χ0) is 12.7. The summed E-state index contributed by atoms with van der Waals surface area (Å²) in [6.45, 7) is 0.817. The second-order valence-electron chi connectivity index (χ2n) is 3.38. The van der Waals surface area contributed by atoms with E-state index in [1.54, 1.807) is 0 Å². The van der Waals surface area contributed by atoms with Crippen molar-refractivity contribution in [3.8, 4) is 0 Å². The lowest BCUT2D eigenvalue weighted by Gasteiger charge is -2.21. The van der Waals surface area contributed by atoms with Crippen LogP contribution in [0, 0.1) is 5.95 Å². The highest BCUT2D eigenvalue weighted by atomic mass is 19.1. The Morgan fingerprint density at radius 3 is 2.82 bits per heavy atom. The van der Waals surface area contributed by atoms with Gasteiger partial charge in [0.25, 0.3) is 5.91 Å². The largest absolute Gasteiger partial charge is 0.395 e. The Morgan fingerprint density at radius 2 is 2.29 bits per heavy atom. The van der Waals surface area contributed by atoms with Crippen molar-refractivity contribution in [2.45, 2.75) is 0 Å². The Bertz CT molecular complexity index is 356. The monoisotopic (exact) mass is 242 g/mol. The van der Waals surface area contributed by atoms with Crippen LogP contribution in [-0.2, 0) is 4.74 Å². The summed E-state index contributed by atoms with van der Waals surface area (Å²) in [5.74, 6) is -0.934. The van der Waals surface area contributed by atoms with Gasteiger partial charge in [-0.25, -0.2) is 4.98 Å². The fourth-order valence-electron chi connectivity index (χ4n) is 1.32. The van der Waals surface area contributed by atoms with Crippen molar-refractivity contribution in [2.24, 2.45) is 0 Å². The highest BCUT2D eigenvalue weighted by Crippen LogP contribution is 2.04. The first-order chi connectivity index (χ1) is 8.19. The highest BCUT2D eigenvalue weighted by molar-refractivity contribution is 5.93. The van der Waals surface area contributed by atoms with E-state index in [-0.39, 0.29) is 24.6 Å². The summed E-state index contributed by atoms with van der Waals surface area (Å²) < 4.78 is 17.5. The molecule has 1 heterocycles. The van der Waals surface area contributed by atoms with E-state index in [2.05, 4.69) is 4.98 Å². The predicted octanol–water partition coefficient (Wildman–Crippen LogP) is 0.302. The lowest BCUT2D eigenvalue weighted by Crippen LogP contribution is -2.36. The summed E-state index contributed by atoms with van der Waals surface area (Å²) in [4.78, 5) is 16.8. The van der Waals surface area contributed by atoms with Crippen molar-refractivity contribution in [1.82, 2.24) is 9.88 Å². The van der Waals surface area contributed by atoms with Crippen LogP contribution in [0.15, 0.2) is 18.3 Å². The average molecular weight is 242 g/mol. The lowest BCUT2D eigenvalue weighted by atomic mass is 10.2. The number of nitrogens with zero attached hydrogens (tertiary/aromatic N) is 2. The minimum atomic E-state index is -0.632. The van der Waals surface area contributed by atoms with Gasteiger partial charge < -0.3 is 14.7 Å². The van der Waals surface area contributed by atoms with Crippen LogP contribution in [0.4, 0.5) is 4.39 Å². The molecule has 1 aromatic rings. The zero-order valence-corrected chi connectivity index (χ0v) is 9.60. The van der Waals surface area contributed by atoms with Crippen molar-refractivity contribution in [1.29, 1.82) is 0 Å². The SMILES string of the molecule is COCCN(CCO)C(=O)c1ccc(F)nc1. The molecule has 0 aliphatic rings. The number of methoxy groups -OCH3 is 1. The van der Waals surface area contributed by atoms with Gasteiger partial charge in [0.2, 0.25) is 5.95 Å². The molecule has 0 atom stereocenters. The molecule has 0 saturated carbocycles. The molecule has 0 aliphatic carbocycles. The Hall–Kier alpha value is -1.53. The zero-order valence-electron chi connectivity index (χ0n) is 9.60. The molecule has 0 fully saturated rings. The van der Waals surface area contributed by atoms with Gasteiger partial charge in [0.1, 0.15) is 0 Å². The van der Waals surface area contributed by atoms with Crippen LogP contribution in [-0.4, -0.2) is 54.3 Å². The Morgan fingerprint density at radius 1 is 1.53 bits per heavy atom. The number of aromatic nitrogens is 1. The minimum Gasteiger partial charge on any atom is -0.395 e. The summed E-state index contributed by atoms with van der Waals surface area (Å²) in [5, 5.41) is 8.87. The van der Waals surface area contributed by atoms with Crippen molar-refractivity contribution < 1.29 is 19.0 Å². The van der Waals surface area contributed by atoms with Crippen LogP contribution < -0.4 is 0 Å². The molecule has 17 heavy (non-hydrogen) atoms. The number of aliphatic hydroxyl groups is 1. The van der Waals surface area contributed by atoms with Crippen molar-refractivity contribution in [3.63, 3.8) is 0 Å². The third-order valence-corrected chi connectivity index (χ3v) is 2.20. The maximum Gasteiger partial charge on any atom is 0.255 e. The maximum absolute atomic E-state index is 12.6. The molecule has 1 N–H and O–H groups in total. The number of hydrogen-bond acceptors (Lipinski definition) is 4. The number of halogens is 1. The van der Waals surface area contributed by atoms with Crippen LogP contribution in [0.25, 0.3) is 0 Å². The summed E-state index contributed by atoms with van der Waals surface area (Å²) in [5.41, 5.74) is 0.288. The molecule has 0 unspecified atom stereocenters. The predicted molar refractivity (Wildman–Crippen MR) is 59.1 cm³/mol. The standard InChI is InChI=1S/C11H15FN2O3/c1-17-7-5-14(4-6-15)11(16)9-2-3-10(12)13-8-9/h2-3,8,15H,4-7H2,1H3. The number of hydrogen-bond donors (Lipinski definition) is 1. The van der Waals surface area contributed by atoms with Gasteiger partial charge in [-0.15, -0.1) is 0 Å². The molecule has 6 heteroatoms. The van der Waals surface area contributed by atoms with E-state index in [9.17, 15) is 9.18 Å². The number of carbonyl (C=O) groups is 1. The summed E-state index contributed by atoms with van der Waals surface area (Å²) >= 11 is 0. The van der Waals surface area contributed by atoms with E-state index in [0.717, 1.165) is 6.07 Å². The first kappa shape index (κ1) is 13.5. The fraction of sp³-hybridized carbons (Fsp3) is 0.455. The smallest absolute Gasteiger partial charge is 0.255 e. The molecule has 0 spiro atoms. The molecule has 0 radical (unpaired) electrons. The van der Waals surface area contributed by atoms with E-state index >= 15 is 0 Å². The Balaban J connectivity index is 2.72. The third-order valence-electron chi connectivity index (χ3n) is 2.20. The van der Waals surface area contributed by atoms with E-state index in [1.807, 2.05) is 0 Å². The van der Waals surface area contributed by atoms with E-state index in [4.69, 9.17) is 9.84 Å². The number of amides is 1. The van der Waals surface area contributed by atoms with E-state index in [1.165, 1.54) is 24.3 Å². The molecular weight excluding hydrogens is 227 g/mol. The van der Waals surface area contributed by atoms with Crippen molar-refractivity contribution in [2.75, 3.05) is 33.4 Å². The minimum absolute atomic E-state index is 0.135. The van der Waals surface area contributed by atoms with Crippen LogP contribution in [0.5, 0.6) is 0 Å². The highest BCUT2D eigenvalue weighted by Gasteiger charge is 2.15. The van der Waals surface area contributed by atoms with Gasteiger partial charge in [0.05, 0.1) is 18.8 Å². The lowest BCUT2D eigenvalue weighted by molar-refractivity contribution is 0.0656. The van der Waals surface area contributed by atoms with Crippen molar-refractivity contribution >= 4 is 5.91 Å². The quantitative estimate of drug-likeness (QED) is 0.729. The van der Waals surface area contributed by atoms with Crippen molar-refractivity contribution in [3.05, 3.63) is 29.8 Å². The van der Waals surface area contributed by atoms with Gasteiger partial charge in [-0.05, 0) is 12.1 Å². The molecule has 0 aliphatic heterocycles. The summed E-state index contributed by atoms with van der Waals surface area (Å²) in [6.07, 6.45) is 1.18. The number of ether oxygens (including phenoxy) is 1. The van der Waals surface area contributed by atoms with Gasteiger partial charge >= 0.3 is 0 Å². The second kappa shape index (κ2) is 6.93. The summed E-state index contributed by atoms with van der Waals surface area (Å²) in [6, 6.07) is 2.49. The van der Waals surface area contributed by atoms with Gasteiger partial charge in [-0.2, -0.15) is 4.39 Å². The number of pyridine rings is 1.